The number of hydrogen-bond donors (Lipinski definition) is 0. The number of carbonyl (C=O) groups excluding carboxylic acids is 2. The number of likely N-dealkylation sites (tertiary alicyclic amines) is 2. The molecule has 0 spiro atoms. The number of hydrogen-bond acceptors (Lipinski definition) is 2. The van der Waals surface area contributed by atoms with E-state index in [0.717, 1.165) is 58.0 Å². The Balaban J connectivity index is 1.63. The summed E-state index contributed by atoms with van der Waals surface area (Å²) in [5.74, 6) is 0.946. The van der Waals surface area contributed by atoms with Crippen LogP contribution in [0.15, 0.2) is 0 Å². The fraction of sp³-hybridized carbons (Fsp3) is 0.889. The third-order valence-corrected chi connectivity index (χ3v) is 5.64. The molecule has 22 heavy (non-hydrogen) atoms. The normalized spacial score (nSPS) is 30.0. The van der Waals surface area contributed by atoms with Crippen molar-refractivity contribution in [1.82, 2.24) is 9.80 Å². The van der Waals surface area contributed by atoms with Crippen molar-refractivity contribution >= 4 is 11.8 Å². The third kappa shape index (κ3) is 3.47. The van der Waals surface area contributed by atoms with Crippen LogP contribution in [0.1, 0.15) is 64.7 Å². The Kier molecular flexibility index (Phi) is 5.04. The second-order valence-electron chi connectivity index (χ2n) is 7.34. The molecule has 0 N–H and O–H groups in total. The van der Waals surface area contributed by atoms with E-state index in [1.807, 2.05) is 4.90 Å². The Bertz CT molecular complexity index is 419. The van der Waals surface area contributed by atoms with E-state index < -0.39 is 0 Å². The lowest BCUT2D eigenvalue weighted by Gasteiger charge is -2.37. The molecule has 2 saturated heterocycles. The van der Waals surface area contributed by atoms with E-state index in [2.05, 4.69) is 11.8 Å². The maximum Gasteiger partial charge on any atom is 0.227 e. The fourth-order valence-corrected chi connectivity index (χ4v) is 4.09. The van der Waals surface area contributed by atoms with Gasteiger partial charge in [0.1, 0.15) is 0 Å². The summed E-state index contributed by atoms with van der Waals surface area (Å²) in [6.07, 6.45) is 9.90. The van der Waals surface area contributed by atoms with Crippen LogP contribution in [0.25, 0.3) is 0 Å². The van der Waals surface area contributed by atoms with E-state index in [-0.39, 0.29) is 11.8 Å². The molecule has 0 aromatic carbocycles. The minimum atomic E-state index is 0.0450. The Morgan fingerprint density at radius 2 is 1.68 bits per heavy atom. The number of nitrogens with zero attached hydrogens (tertiary/aromatic N) is 2. The molecule has 4 heteroatoms. The van der Waals surface area contributed by atoms with Crippen LogP contribution in [-0.2, 0) is 9.59 Å². The first-order chi connectivity index (χ1) is 10.7. The lowest BCUT2D eigenvalue weighted by Crippen LogP contribution is -2.49. The summed E-state index contributed by atoms with van der Waals surface area (Å²) in [5.41, 5.74) is 0. The van der Waals surface area contributed by atoms with Crippen molar-refractivity contribution in [3.63, 3.8) is 0 Å². The molecule has 3 aliphatic rings. The van der Waals surface area contributed by atoms with Crippen molar-refractivity contribution < 1.29 is 9.59 Å². The zero-order valence-corrected chi connectivity index (χ0v) is 13.9. The number of rotatable bonds is 3. The summed E-state index contributed by atoms with van der Waals surface area (Å²) < 4.78 is 0. The number of piperidine rings is 1. The predicted molar refractivity (Wildman–Crippen MR) is 86.3 cm³/mol. The topological polar surface area (TPSA) is 40.6 Å². The number of carbonyl (C=O) groups is 2. The van der Waals surface area contributed by atoms with Crippen LogP contribution in [0.5, 0.6) is 0 Å². The number of amides is 2. The average Bonchev–Trinajstić information content (AvgIpc) is 3.39. The van der Waals surface area contributed by atoms with Crippen LogP contribution in [0.2, 0.25) is 0 Å². The Morgan fingerprint density at radius 3 is 2.41 bits per heavy atom. The van der Waals surface area contributed by atoms with Crippen molar-refractivity contribution in [3.8, 4) is 0 Å². The monoisotopic (exact) mass is 306 g/mol. The lowest BCUT2D eigenvalue weighted by atomic mass is 9.95. The molecular weight excluding hydrogens is 276 g/mol. The molecule has 2 aliphatic heterocycles. The highest BCUT2D eigenvalue weighted by Gasteiger charge is 2.38. The second kappa shape index (κ2) is 7.01. The van der Waals surface area contributed by atoms with Gasteiger partial charge >= 0.3 is 0 Å². The smallest absolute Gasteiger partial charge is 0.227 e. The molecular formula is C18H30N2O2. The van der Waals surface area contributed by atoms with E-state index in [0.29, 0.717) is 24.4 Å². The van der Waals surface area contributed by atoms with Crippen molar-refractivity contribution in [2.75, 3.05) is 19.6 Å². The summed E-state index contributed by atoms with van der Waals surface area (Å²) >= 11 is 0. The highest BCUT2D eigenvalue weighted by molar-refractivity contribution is 5.83. The van der Waals surface area contributed by atoms with Crippen LogP contribution >= 0.6 is 0 Å². The Morgan fingerprint density at radius 1 is 0.864 bits per heavy atom. The zero-order chi connectivity index (χ0) is 15.5. The van der Waals surface area contributed by atoms with E-state index in [4.69, 9.17) is 0 Å². The molecule has 4 nitrogen and oxygen atoms in total. The zero-order valence-electron chi connectivity index (χ0n) is 13.9. The summed E-state index contributed by atoms with van der Waals surface area (Å²) in [6, 6.07) is 0.421. The Hall–Kier alpha value is -1.06. The standard InChI is InChI=1S/C18H30N2O2/c1-2-16-8-4-3-5-12-20(16)18(22)15-7-6-11-19(13-15)17(21)14-9-10-14/h14-16H,2-13H2,1H3/t15-,16-/m1/s1. The van der Waals surface area contributed by atoms with Gasteiger partial charge in [-0.25, -0.2) is 0 Å². The van der Waals surface area contributed by atoms with Crippen molar-refractivity contribution in [2.24, 2.45) is 11.8 Å². The molecule has 3 fully saturated rings. The van der Waals surface area contributed by atoms with E-state index in [1.165, 1.54) is 12.8 Å². The van der Waals surface area contributed by atoms with Crippen LogP contribution < -0.4 is 0 Å². The van der Waals surface area contributed by atoms with Crippen molar-refractivity contribution in [2.45, 2.75) is 70.8 Å². The van der Waals surface area contributed by atoms with Gasteiger partial charge in [0.15, 0.2) is 0 Å². The fourth-order valence-electron chi connectivity index (χ4n) is 4.09. The molecule has 1 aliphatic carbocycles. The van der Waals surface area contributed by atoms with Gasteiger partial charge in [-0.3, -0.25) is 9.59 Å². The summed E-state index contributed by atoms with van der Waals surface area (Å²) in [4.78, 5) is 29.4. The molecule has 0 unspecified atom stereocenters. The van der Waals surface area contributed by atoms with Crippen LogP contribution in [0, 0.1) is 11.8 Å². The molecule has 2 amide bonds. The predicted octanol–water partition coefficient (Wildman–Crippen LogP) is 2.82. The van der Waals surface area contributed by atoms with Gasteiger partial charge in [0, 0.05) is 31.6 Å². The van der Waals surface area contributed by atoms with E-state index in [9.17, 15) is 9.59 Å². The molecule has 2 atom stereocenters. The van der Waals surface area contributed by atoms with Crippen molar-refractivity contribution in [3.05, 3.63) is 0 Å². The minimum absolute atomic E-state index is 0.0450. The lowest BCUT2D eigenvalue weighted by molar-refractivity contribution is -0.143. The summed E-state index contributed by atoms with van der Waals surface area (Å²) in [6.45, 7) is 4.64. The quantitative estimate of drug-likeness (QED) is 0.804. The van der Waals surface area contributed by atoms with Gasteiger partial charge in [0.05, 0.1) is 5.92 Å². The maximum atomic E-state index is 13.0. The van der Waals surface area contributed by atoms with Gasteiger partial charge in [-0.15, -0.1) is 0 Å². The second-order valence-corrected chi connectivity index (χ2v) is 7.34. The van der Waals surface area contributed by atoms with Gasteiger partial charge in [-0.05, 0) is 44.9 Å². The molecule has 0 aromatic rings. The van der Waals surface area contributed by atoms with Crippen LogP contribution in [0.3, 0.4) is 0 Å². The first-order valence-electron chi connectivity index (χ1n) is 9.30. The molecule has 0 aromatic heterocycles. The summed E-state index contributed by atoms with van der Waals surface area (Å²) in [5, 5.41) is 0. The first kappa shape index (κ1) is 15.8. The first-order valence-corrected chi connectivity index (χ1v) is 9.30. The molecule has 0 radical (unpaired) electrons. The molecule has 1 saturated carbocycles. The Labute approximate surface area is 134 Å². The van der Waals surface area contributed by atoms with Gasteiger partial charge < -0.3 is 9.80 Å². The molecule has 124 valence electrons. The SMILES string of the molecule is CC[C@@H]1CCCCCN1C(=O)[C@@H]1CCCN(C(=O)C2CC2)C1. The summed E-state index contributed by atoms with van der Waals surface area (Å²) in [7, 11) is 0. The maximum absolute atomic E-state index is 13.0. The van der Waals surface area contributed by atoms with Gasteiger partial charge in [-0.1, -0.05) is 19.8 Å². The van der Waals surface area contributed by atoms with Gasteiger partial charge in [-0.2, -0.15) is 0 Å². The third-order valence-electron chi connectivity index (χ3n) is 5.64. The van der Waals surface area contributed by atoms with Crippen LogP contribution in [-0.4, -0.2) is 47.3 Å². The van der Waals surface area contributed by atoms with Crippen molar-refractivity contribution in [1.29, 1.82) is 0 Å². The largest absolute Gasteiger partial charge is 0.342 e. The average molecular weight is 306 g/mol. The molecule has 3 rings (SSSR count). The van der Waals surface area contributed by atoms with E-state index in [1.54, 1.807) is 0 Å². The van der Waals surface area contributed by atoms with Gasteiger partial charge in [0.25, 0.3) is 0 Å². The molecule has 0 bridgehead atoms. The minimum Gasteiger partial charge on any atom is -0.342 e. The van der Waals surface area contributed by atoms with E-state index >= 15 is 0 Å². The highest BCUT2D eigenvalue weighted by Crippen LogP contribution is 2.33. The van der Waals surface area contributed by atoms with Gasteiger partial charge in [0.2, 0.25) is 11.8 Å². The molecule has 2 heterocycles. The highest BCUT2D eigenvalue weighted by atomic mass is 16.2. The van der Waals surface area contributed by atoms with Crippen LogP contribution in [0.4, 0.5) is 0 Å².